The Labute approximate surface area is 211 Å². The SMILES string of the molecule is COC(=O)C1=Nc2c(c3ccc(F)cc3n2C)N2C=C(S(=O)(=O)c3ccccc3)C=CC2=C1C(=O)OC. The number of sulfone groups is 1. The van der Waals surface area contributed by atoms with E-state index in [1.54, 1.807) is 29.8 Å². The monoisotopic (exact) mass is 521 g/mol. The average molecular weight is 522 g/mol. The van der Waals surface area contributed by atoms with Gasteiger partial charge in [-0.2, -0.15) is 0 Å². The number of methoxy groups -OCH3 is 2. The van der Waals surface area contributed by atoms with Crippen molar-refractivity contribution in [3.05, 3.63) is 88.9 Å². The Kier molecular flexibility index (Phi) is 5.79. The second-order valence-corrected chi connectivity index (χ2v) is 10.1. The van der Waals surface area contributed by atoms with E-state index in [1.807, 2.05) is 0 Å². The number of aliphatic imine (C=N–C) groups is 1. The van der Waals surface area contributed by atoms with Crippen molar-refractivity contribution in [1.29, 1.82) is 0 Å². The third-order valence-corrected chi connectivity index (χ3v) is 7.87. The summed E-state index contributed by atoms with van der Waals surface area (Å²) in [5, 5.41) is 0.512. The number of allylic oxidation sites excluding steroid dienone is 2. The highest BCUT2D eigenvalue weighted by Crippen LogP contribution is 2.46. The Morgan fingerprint density at radius 3 is 2.35 bits per heavy atom. The molecule has 0 amide bonds. The van der Waals surface area contributed by atoms with E-state index in [2.05, 4.69) is 4.99 Å². The van der Waals surface area contributed by atoms with Crippen molar-refractivity contribution in [2.45, 2.75) is 4.90 Å². The number of benzene rings is 2. The van der Waals surface area contributed by atoms with E-state index in [9.17, 15) is 22.4 Å². The minimum Gasteiger partial charge on any atom is -0.465 e. The highest BCUT2D eigenvalue weighted by molar-refractivity contribution is 7.95. The quantitative estimate of drug-likeness (QED) is 0.482. The van der Waals surface area contributed by atoms with E-state index in [0.717, 1.165) is 14.2 Å². The molecule has 0 aliphatic carbocycles. The molecule has 0 saturated carbocycles. The van der Waals surface area contributed by atoms with Crippen LogP contribution in [0.15, 0.2) is 92.9 Å². The number of aromatic nitrogens is 1. The summed E-state index contributed by atoms with van der Waals surface area (Å²) in [6.07, 6.45) is 4.08. The van der Waals surface area contributed by atoms with Crippen LogP contribution in [-0.2, 0) is 35.9 Å². The lowest BCUT2D eigenvalue weighted by molar-refractivity contribution is -0.137. The maximum absolute atomic E-state index is 14.2. The third-order valence-electron chi connectivity index (χ3n) is 6.11. The average Bonchev–Trinajstić information content (AvgIpc) is 3.08. The Morgan fingerprint density at radius 2 is 1.68 bits per heavy atom. The van der Waals surface area contributed by atoms with E-state index in [0.29, 0.717) is 16.6 Å². The molecule has 0 spiro atoms. The summed E-state index contributed by atoms with van der Waals surface area (Å²) in [5.74, 6) is -2.09. The summed E-state index contributed by atoms with van der Waals surface area (Å²) >= 11 is 0. The third kappa shape index (κ3) is 3.75. The van der Waals surface area contributed by atoms with E-state index in [1.165, 1.54) is 53.6 Å². The van der Waals surface area contributed by atoms with Crippen LogP contribution in [0.5, 0.6) is 0 Å². The first kappa shape index (κ1) is 24.2. The van der Waals surface area contributed by atoms with Crippen LogP contribution in [-0.4, -0.2) is 44.9 Å². The van der Waals surface area contributed by atoms with Crippen LogP contribution < -0.4 is 4.90 Å². The fourth-order valence-corrected chi connectivity index (χ4v) is 5.62. The van der Waals surface area contributed by atoms with Gasteiger partial charge in [-0.05, 0) is 42.5 Å². The summed E-state index contributed by atoms with van der Waals surface area (Å²) in [6, 6.07) is 12.0. The van der Waals surface area contributed by atoms with Crippen LogP contribution in [0.1, 0.15) is 0 Å². The molecule has 2 aliphatic rings. The predicted octanol–water partition coefficient (Wildman–Crippen LogP) is 3.70. The maximum Gasteiger partial charge on any atom is 0.357 e. The molecular weight excluding hydrogens is 501 g/mol. The number of nitrogens with zero attached hydrogens (tertiary/aromatic N) is 3. The number of carbonyl (C=O) groups excluding carboxylic acids is 2. The fraction of sp³-hybridized carbons (Fsp3) is 0.115. The molecule has 5 rings (SSSR count). The number of halogens is 1. The molecule has 3 heterocycles. The number of ether oxygens (including phenoxy) is 2. The zero-order valence-electron chi connectivity index (χ0n) is 19.9. The first-order valence-corrected chi connectivity index (χ1v) is 12.4. The lowest BCUT2D eigenvalue weighted by Gasteiger charge is -2.26. The standard InChI is InChI=1S/C26H20FN3O6S/c1-29-20-13-15(27)9-11-18(20)23-24(29)28-22(26(32)36-3)21(25(31)35-2)19-12-10-17(14-30(19)23)37(33,34)16-7-5-4-6-8-16/h4-14H,1-3H3. The van der Waals surface area contributed by atoms with Crippen LogP contribution >= 0.6 is 0 Å². The summed E-state index contributed by atoms with van der Waals surface area (Å²) in [4.78, 5) is 31.7. The van der Waals surface area contributed by atoms with Gasteiger partial charge in [-0.1, -0.05) is 18.2 Å². The van der Waals surface area contributed by atoms with Gasteiger partial charge in [-0.25, -0.2) is 27.4 Å². The maximum atomic E-state index is 14.2. The molecule has 0 bridgehead atoms. The van der Waals surface area contributed by atoms with Crippen molar-refractivity contribution < 1.29 is 31.9 Å². The lowest BCUT2D eigenvalue weighted by Crippen LogP contribution is -2.29. The molecule has 9 nitrogen and oxygen atoms in total. The molecule has 0 N–H and O–H groups in total. The summed E-state index contributed by atoms with van der Waals surface area (Å²) in [7, 11) is -0.0454. The Hall–Kier alpha value is -4.51. The number of carbonyl (C=O) groups is 2. The first-order valence-electron chi connectivity index (χ1n) is 11.0. The van der Waals surface area contributed by atoms with Crippen LogP contribution in [0.25, 0.3) is 10.9 Å². The molecule has 0 radical (unpaired) electrons. The van der Waals surface area contributed by atoms with Gasteiger partial charge < -0.3 is 18.9 Å². The Morgan fingerprint density at radius 1 is 0.973 bits per heavy atom. The molecule has 2 aliphatic heterocycles. The van der Waals surface area contributed by atoms with Crippen LogP contribution in [0.2, 0.25) is 0 Å². The van der Waals surface area contributed by atoms with Gasteiger partial charge in [0.1, 0.15) is 11.4 Å². The summed E-state index contributed by atoms with van der Waals surface area (Å²) < 4.78 is 52.5. The van der Waals surface area contributed by atoms with Crippen molar-refractivity contribution in [2.24, 2.45) is 12.0 Å². The van der Waals surface area contributed by atoms with Crippen LogP contribution in [0.4, 0.5) is 15.9 Å². The minimum absolute atomic E-state index is 0.0711. The Bertz CT molecular complexity index is 1720. The molecule has 11 heteroatoms. The highest BCUT2D eigenvalue weighted by Gasteiger charge is 2.37. The van der Waals surface area contributed by atoms with Gasteiger partial charge in [-0.3, -0.25) is 0 Å². The van der Waals surface area contributed by atoms with Gasteiger partial charge in [0.15, 0.2) is 11.5 Å². The number of anilines is 1. The molecule has 1 aromatic heterocycles. The molecular formula is C26H20FN3O6S. The number of fused-ring (bicyclic) bond motifs is 5. The number of hydrogen-bond acceptors (Lipinski definition) is 8. The normalized spacial score (nSPS) is 15.0. The summed E-state index contributed by atoms with van der Waals surface area (Å²) in [6.45, 7) is 0. The molecule has 2 aromatic carbocycles. The van der Waals surface area contributed by atoms with Crippen molar-refractivity contribution >= 4 is 49.9 Å². The van der Waals surface area contributed by atoms with Crippen LogP contribution in [0.3, 0.4) is 0 Å². The number of hydrogen-bond donors (Lipinski definition) is 0. The highest BCUT2D eigenvalue weighted by atomic mass is 32.2. The number of esters is 2. The van der Waals surface area contributed by atoms with E-state index in [4.69, 9.17) is 9.47 Å². The predicted molar refractivity (Wildman–Crippen MR) is 134 cm³/mol. The van der Waals surface area contributed by atoms with Gasteiger partial charge in [0.2, 0.25) is 9.84 Å². The van der Waals surface area contributed by atoms with Gasteiger partial charge >= 0.3 is 11.9 Å². The molecule has 3 aromatic rings. The zero-order chi connectivity index (χ0) is 26.5. The van der Waals surface area contributed by atoms with Crippen molar-refractivity contribution in [2.75, 3.05) is 19.1 Å². The largest absolute Gasteiger partial charge is 0.465 e. The second-order valence-electron chi connectivity index (χ2n) is 8.15. The molecule has 37 heavy (non-hydrogen) atoms. The molecule has 188 valence electrons. The topological polar surface area (TPSA) is 107 Å². The zero-order valence-corrected chi connectivity index (χ0v) is 20.7. The fourth-order valence-electron chi connectivity index (χ4n) is 4.34. The van der Waals surface area contributed by atoms with Crippen molar-refractivity contribution in [1.82, 2.24) is 4.57 Å². The van der Waals surface area contributed by atoms with Crippen LogP contribution in [0, 0.1) is 5.82 Å². The molecule has 0 saturated heterocycles. The second kappa shape index (κ2) is 8.86. The number of rotatable bonds is 4. The minimum atomic E-state index is -3.96. The molecule has 0 unspecified atom stereocenters. The van der Waals surface area contributed by atoms with Crippen molar-refractivity contribution in [3.63, 3.8) is 0 Å². The lowest BCUT2D eigenvalue weighted by atomic mass is 10.1. The van der Waals surface area contributed by atoms with Gasteiger partial charge in [0.25, 0.3) is 0 Å². The van der Waals surface area contributed by atoms with Gasteiger partial charge in [-0.15, -0.1) is 0 Å². The van der Waals surface area contributed by atoms with E-state index in [-0.39, 0.29) is 32.6 Å². The first-order chi connectivity index (χ1) is 17.7. The number of aryl methyl sites for hydroxylation is 1. The van der Waals surface area contributed by atoms with Gasteiger partial charge in [0.05, 0.1) is 40.9 Å². The smallest absolute Gasteiger partial charge is 0.357 e. The van der Waals surface area contributed by atoms with Crippen molar-refractivity contribution in [3.8, 4) is 0 Å². The Balaban J connectivity index is 1.87. The van der Waals surface area contributed by atoms with E-state index < -0.39 is 27.6 Å². The van der Waals surface area contributed by atoms with E-state index >= 15 is 0 Å². The van der Waals surface area contributed by atoms with Gasteiger partial charge in [0, 0.05) is 18.6 Å². The molecule has 0 fully saturated rings. The molecule has 0 atom stereocenters. The summed E-state index contributed by atoms with van der Waals surface area (Å²) in [5.41, 5.74) is 0.363.